The van der Waals surface area contributed by atoms with Gasteiger partial charge < -0.3 is 0 Å². The average Bonchev–Trinajstić information content (AvgIpc) is 2.73. The van der Waals surface area contributed by atoms with Crippen LogP contribution >= 0.6 is 0 Å². The zero-order valence-electron chi connectivity index (χ0n) is 10.9. The minimum atomic E-state index is 0.936. The second-order valence-corrected chi connectivity index (χ2v) is 4.79. The lowest BCUT2D eigenvalue weighted by Crippen LogP contribution is -1.95. The first-order chi connectivity index (χ1) is 8.78. The van der Waals surface area contributed by atoms with Crippen molar-refractivity contribution in [3.05, 3.63) is 77.9 Å². The number of allylic oxidation sites excluding steroid dienone is 4. The Morgan fingerprint density at radius 1 is 0.944 bits per heavy atom. The summed E-state index contributed by atoms with van der Waals surface area (Å²) in [7, 11) is 0. The molecule has 0 aromatic heterocycles. The topological polar surface area (TPSA) is 0 Å². The highest BCUT2D eigenvalue weighted by atomic mass is 14.2. The van der Waals surface area contributed by atoms with Gasteiger partial charge in [0.15, 0.2) is 0 Å². The predicted molar refractivity (Wildman–Crippen MR) is 80.7 cm³/mol. The van der Waals surface area contributed by atoms with E-state index in [9.17, 15) is 0 Å². The molecular weight excluding hydrogens is 216 g/mol. The third kappa shape index (κ3) is 2.53. The molecule has 0 saturated carbocycles. The van der Waals surface area contributed by atoms with E-state index in [1.54, 1.807) is 0 Å². The molecule has 1 aliphatic rings. The van der Waals surface area contributed by atoms with Gasteiger partial charge in [-0.2, -0.15) is 0 Å². The Hall–Kier alpha value is -1.82. The average molecular weight is 236 g/mol. The van der Waals surface area contributed by atoms with Crippen molar-refractivity contribution in [1.29, 1.82) is 0 Å². The molecule has 0 unspecified atom stereocenters. The van der Waals surface area contributed by atoms with Gasteiger partial charge in [-0.15, -0.1) is 19.7 Å². The predicted octanol–water partition coefficient (Wildman–Crippen LogP) is 4.66. The number of hydrogen-bond donors (Lipinski definition) is 0. The van der Waals surface area contributed by atoms with Crippen molar-refractivity contribution in [2.75, 3.05) is 0 Å². The van der Waals surface area contributed by atoms with E-state index in [0.717, 1.165) is 25.7 Å². The molecule has 0 aliphatic heterocycles. The van der Waals surface area contributed by atoms with Gasteiger partial charge in [0, 0.05) is 0 Å². The molecule has 0 N–H and O–H groups in total. The summed E-state index contributed by atoms with van der Waals surface area (Å²) < 4.78 is 0. The lowest BCUT2D eigenvalue weighted by atomic mass is 9.96. The van der Waals surface area contributed by atoms with Crippen LogP contribution in [0.25, 0.3) is 6.08 Å². The number of hydrogen-bond acceptors (Lipinski definition) is 0. The Morgan fingerprint density at radius 3 is 2.33 bits per heavy atom. The van der Waals surface area contributed by atoms with E-state index in [0.29, 0.717) is 0 Å². The first-order valence-corrected chi connectivity index (χ1v) is 6.45. The van der Waals surface area contributed by atoms with Gasteiger partial charge >= 0.3 is 0 Å². The molecule has 0 amide bonds. The molecule has 0 nitrogen and oxygen atoms in total. The molecule has 0 atom stereocenters. The minimum absolute atomic E-state index is 0.936. The van der Waals surface area contributed by atoms with E-state index in [4.69, 9.17) is 0 Å². The van der Waals surface area contributed by atoms with Crippen LogP contribution in [0.4, 0.5) is 0 Å². The summed E-state index contributed by atoms with van der Waals surface area (Å²) in [6.45, 7) is 11.5. The summed E-state index contributed by atoms with van der Waals surface area (Å²) in [5.74, 6) is 0. The van der Waals surface area contributed by atoms with E-state index < -0.39 is 0 Å². The highest BCUT2D eigenvalue weighted by Gasteiger charge is 2.15. The standard InChI is InChI=1S/C18H20/c1-4-7-14-10-16(9-6-3)18-13-15(8-5-2)12-17(18)11-14/h4-6,10-11,13H,1-3,7-9,12H2. The summed E-state index contributed by atoms with van der Waals surface area (Å²) in [6.07, 6.45) is 12.2. The first-order valence-electron chi connectivity index (χ1n) is 6.45. The Kier molecular flexibility index (Phi) is 3.99. The molecule has 92 valence electrons. The first kappa shape index (κ1) is 12.6. The van der Waals surface area contributed by atoms with Gasteiger partial charge in [0.25, 0.3) is 0 Å². The molecule has 1 aliphatic carbocycles. The summed E-state index contributed by atoms with van der Waals surface area (Å²) in [6, 6.07) is 4.60. The molecule has 0 heterocycles. The van der Waals surface area contributed by atoms with Crippen LogP contribution in [0.1, 0.15) is 28.7 Å². The van der Waals surface area contributed by atoms with Crippen LogP contribution < -0.4 is 0 Å². The monoisotopic (exact) mass is 236 g/mol. The Labute approximate surface area is 110 Å². The van der Waals surface area contributed by atoms with Crippen LogP contribution in [-0.2, 0) is 19.3 Å². The van der Waals surface area contributed by atoms with Crippen LogP contribution in [0.15, 0.2) is 55.7 Å². The molecule has 0 saturated heterocycles. The molecule has 0 fully saturated rings. The Morgan fingerprint density at radius 2 is 1.67 bits per heavy atom. The van der Waals surface area contributed by atoms with Crippen molar-refractivity contribution in [2.45, 2.75) is 25.7 Å². The molecule has 0 heteroatoms. The Balaban J connectivity index is 2.40. The largest absolute Gasteiger partial charge is 0.103 e. The van der Waals surface area contributed by atoms with E-state index in [1.807, 2.05) is 18.2 Å². The Bertz CT molecular complexity index is 515. The third-order valence-electron chi connectivity index (χ3n) is 3.33. The highest BCUT2D eigenvalue weighted by molar-refractivity contribution is 5.68. The van der Waals surface area contributed by atoms with Crippen molar-refractivity contribution < 1.29 is 0 Å². The quantitative estimate of drug-likeness (QED) is 0.630. The molecule has 0 spiro atoms. The number of fused-ring (bicyclic) bond motifs is 1. The zero-order chi connectivity index (χ0) is 13.0. The van der Waals surface area contributed by atoms with Crippen molar-refractivity contribution in [1.82, 2.24) is 0 Å². The SMILES string of the molecule is C=CCC1=Cc2c(CC=C)cc(CC=C)cc2C1. The van der Waals surface area contributed by atoms with Gasteiger partial charge in [0.05, 0.1) is 0 Å². The molecule has 1 aromatic carbocycles. The molecule has 1 aromatic rings. The van der Waals surface area contributed by atoms with Crippen molar-refractivity contribution in [2.24, 2.45) is 0 Å². The van der Waals surface area contributed by atoms with E-state index in [1.165, 1.54) is 27.8 Å². The van der Waals surface area contributed by atoms with Gasteiger partial charge in [-0.05, 0) is 47.9 Å². The van der Waals surface area contributed by atoms with Crippen molar-refractivity contribution >= 4 is 6.08 Å². The number of benzene rings is 1. The van der Waals surface area contributed by atoms with E-state index in [2.05, 4.69) is 37.9 Å². The smallest absolute Gasteiger partial charge is 0.00545 e. The summed E-state index contributed by atoms with van der Waals surface area (Å²) >= 11 is 0. The van der Waals surface area contributed by atoms with Crippen molar-refractivity contribution in [3.63, 3.8) is 0 Å². The van der Waals surface area contributed by atoms with Gasteiger partial charge in [0.1, 0.15) is 0 Å². The van der Waals surface area contributed by atoms with Crippen LogP contribution in [0.2, 0.25) is 0 Å². The molecule has 0 bridgehead atoms. The second kappa shape index (κ2) is 5.68. The van der Waals surface area contributed by atoms with Crippen LogP contribution in [0, 0.1) is 0 Å². The van der Waals surface area contributed by atoms with Crippen molar-refractivity contribution in [3.8, 4) is 0 Å². The van der Waals surface area contributed by atoms with E-state index >= 15 is 0 Å². The third-order valence-corrected chi connectivity index (χ3v) is 3.33. The van der Waals surface area contributed by atoms with Gasteiger partial charge in [-0.25, -0.2) is 0 Å². The minimum Gasteiger partial charge on any atom is -0.103 e. The summed E-state index contributed by atoms with van der Waals surface area (Å²) in [5.41, 5.74) is 7.05. The lowest BCUT2D eigenvalue weighted by Gasteiger charge is -2.09. The van der Waals surface area contributed by atoms with Gasteiger partial charge in [-0.3, -0.25) is 0 Å². The molecule has 18 heavy (non-hydrogen) atoms. The fourth-order valence-corrected chi connectivity index (χ4v) is 2.61. The van der Waals surface area contributed by atoms with Crippen LogP contribution in [0.5, 0.6) is 0 Å². The maximum Gasteiger partial charge on any atom is -0.00545 e. The molecule has 2 rings (SSSR count). The second-order valence-electron chi connectivity index (χ2n) is 4.79. The number of rotatable bonds is 6. The summed E-state index contributed by atoms with van der Waals surface area (Å²) in [4.78, 5) is 0. The fourth-order valence-electron chi connectivity index (χ4n) is 2.61. The lowest BCUT2D eigenvalue weighted by molar-refractivity contribution is 1.09. The van der Waals surface area contributed by atoms with Gasteiger partial charge in [-0.1, -0.05) is 42.0 Å². The van der Waals surface area contributed by atoms with E-state index in [-0.39, 0.29) is 0 Å². The zero-order valence-corrected chi connectivity index (χ0v) is 10.9. The maximum atomic E-state index is 3.86. The van der Waals surface area contributed by atoms with Gasteiger partial charge in [0.2, 0.25) is 0 Å². The fraction of sp³-hybridized carbons (Fsp3) is 0.222. The highest BCUT2D eigenvalue weighted by Crippen LogP contribution is 2.31. The summed E-state index contributed by atoms with van der Waals surface area (Å²) in [5, 5.41) is 0. The normalized spacial score (nSPS) is 12.8. The molecular formula is C18H20. The van der Waals surface area contributed by atoms with Crippen LogP contribution in [0.3, 0.4) is 0 Å². The molecule has 0 radical (unpaired) electrons. The van der Waals surface area contributed by atoms with Crippen LogP contribution in [-0.4, -0.2) is 0 Å². The maximum absolute atomic E-state index is 3.86.